The number of hydrogen-bond acceptors (Lipinski definition) is 4. The van der Waals surface area contributed by atoms with E-state index >= 15 is 0 Å². The molecule has 0 aliphatic heterocycles. The van der Waals surface area contributed by atoms with Crippen LogP contribution in [0.5, 0.6) is 0 Å². The van der Waals surface area contributed by atoms with E-state index in [1.165, 1.54) is 5.56 Å². The lowest BCUT2D eigenvalue weighted by Gasteiger charge is -2.18. The van der Waals surface area contributed by atoms with E-state index in [2.05, 4.69) is 32.8 Å². The van der Waals surface area contributed by atoms with Gasteiger partial charge in [0.25, 0.3) is 0 Å². The summed E-state index contributed by atoms with van der Waals surface area (Å²) in [7, 11) is 0. The van der Waals surface area contributed by atoms with Gasteiger partial charge in [0.05, 0.1) is 16.7 Å². The normalized spacial score (nSPS) is 12.1. The Morgan fingerprint density at radius 3 is 2.65 bits per heavy atom. The molecule has 0 saturated heterocycles. The van der Waals surface area contributed by atoms with E-state index in [9.17, 15) is 4.79 Å². The number of rotatable bonds is 5. The number of benzene rings is 1. The lowest BCUT2D eigenvalue weighted by atomic mass is 10.0. The molecular formula is C18H19N3OS. The number of nitrogens with one attached hydrogen (secondary N) is 2. The maximum Gasteiger partial charge on any atom is 0.183 e. The molecule has 5 heteroatoms. The van der Waals surface area contributed by atoms with Gasteiger partial charge in [-0.3, -0.25) is 4.79 Å². The molecule has 23 heavy (non-hydrogen) atoms. The first-order valence-corrected chi connectivity index (χ1v) is 8.41. The molecule has 4 nitrogen and oxygen atoms in total. The predicted molar refractivity (Wildman–Crippen MR) is 95.2 cm³/mol. The van der Waals surface area contributed by atoms with Crippen LogP contribution < -0.4 is 10.7 Å². The zero-order valence-corrected chi connectivity index (χ0v) is 14.0. The molecule has 0 fully saturated rings. The molecular weight excluding hydrogens is 306 g/mol. The van der Waals surface area contributed by atoms with Crippen LogP contribution in [0.3, 0.4) is 0 Å². The number of pyridine rings is 1. The van der Waals surface area contributed by atoms with Gasteiger partial charge in [0, 0.05) is 23.2 Å². The molecule has 3 rings (SSSR count). The van der Waals surface area contributed by atoms with Gasteiger partial charge in [0.15, 0.2) is 5.43 Å². The monoisotopic (exact) mass is 325 g/mol. The van der Waals surface area contributed by atoms with Crippen LogP contribution in [0.25, 0.3) is 0 Å². The van der Waals surface area contributed by atoms with Gasteiger partial charge in [-0.2, -0.15) is 0 Å². The summed E-state index contributed by atoms with van der Waals surface area (Å²) in [6, 6.07) is 13.5. The van der Waals surface area contributed by atoms with Crippen molar-refractivity contribution in [1.82, 2.24) is 9.97 Å². The zero-order chi connectivity index (χ0) is 16.2. The third-order valence-corrected chi connectivity index (χ3v) is 4.38. The summed E-state index contributed by atoms with van der Waals surface area (Å²) in [5.41, 5.74) is 3.06. The quantitative estimate of drug-likeness (QED) is 0.749. The molecule has 0 saturated carbocycles. The molecule has 0 aliphatic rings. The summed E-state index contributed by atoms with van der Waals surface area (Å²) in [6.45, 7) is 3.88. The first kappa shape index (κ1) is 15.5. The molecule has 3 aromatic rings. The predicted octanol–water partition coefficient (Wildman–Crippen LogP) is 3.84. The highest BCUT2D eigenvalue weighted by Crippen LogP contribution is 2.24. The van der Waals surface area contributed by atoms with Gasteiger partial charge in [-0.1, -0.05) is 30.3 Å². The Kier molecular flexibility index (Phi) is 4.57. The van der Waals surface area contributed by atoms with Crippen LogP contribution in [0.15, 0.2) is 52.6 Å². The van der Waals surface area contributed by atoms with Crippen molar-refractivity contribution in [3.05, 3.63) is 80.0 Å². The van der Waals surface area contributed by atoms with E-state index in [0.29, 0.717) is 0 Å². The van der Waals surface area contributed by atoms with E-state index in [4.69, 9.17) is 0 Å². The van der Waals surface area contributed by atoms with Gasteiger partial charge in [0.2, 0.25) is 0 Å². The lowest BCUT2D eigenvalue weighted by molar-refractivity contribution is 0.745. The highest BCUT2D eigenvalue weighted by atomic mass is 32.1. The van der Waals surface area contributed by atoms with Gasteiger partial charge in [0.1, 0.15) is 5.82 Å². The van der Waals surface area contributed by atoms with Crippen LogP contribution in [0, 0.1) is 13.8 Å². The van der Waals surface area contributed by atoms with Crippen LogP contribution in [0.4, 0.5) is 5.82 Å². The van der Waals surface area contributed by atoms with Crippen LogP contribution >= 0.6 is 11.3 Å². The fourth-order valence-electron chi connectivity index (χ4n) is 2.57. The number of H-pyrrole nitrogens is 1. The molecule has 2 heterocycles. The van der Waals surface area contributed by atoms with Crippen molar-refractivity contribution in [3.63, 3.8) is 0 Å². The van der Waals surface area contributed by atoms with Gasteiger partial charge in [-0.15, -0.1) is 11.3 Å². The third kappa shape index (κ3) is 4.07. The fraction of sp³-hybridized carbons (Fsp3) is 0.222. The van der Waals surface area contributed by atoms with E-state index in [1.54, 1.807) is 23.5 Å². The van der Waals surface area contributed by atoms with Crippen molar-refractivity contribution in [1.29, 1.82) is 0 Å². The number of aromatic nitrogens is 2. The Balaban J connectivity index is 1.90. The van der Waals surface area contributed by atoms with Crippen molar-refractivity contribution >= 4 is 17.2 Å². The molecule has 2 aromatic heterocycles. The molecule has 1 aromatic carbocycles. The molecule has 0 spiro atoms. The van der Waals surface area contributed by atoms with Crippen LogP contribution in [0.1, 0.15) is 28.0 Å². The van der Waals surface area contributed by atoms with E-state index < -0.39 is 0 Å². The molecule has 0 bridgehead atoms. The molecule has 1 atom stereocenters. The van der Waals surface area contributed by atoms with Crippen LogP contribution in [-0.2, 0) is 6.42 Å². The number of thiazole rings is 1. The maximum atomic E-state index is 11.7. The highest BCUT2D eigenvalue weighted by molar-refractivity contribution is 7.09. The molecule has 2 N–H and O–H groups in total. The Labute approximate surface area is 139 Å². The molecule has 0 aliphatic carbocycles. The fourth-order valence-corrected chi connectivity index (χ4v) is 3.23. The standard InChI is InChI=1S/C18H19N3OS/c1-12-8-15(22)10-18(19-12)21-16(17-11-23-13(2)20-17)9-14-6-4-3-5-7-14/h3-8,10-11,16H,9H2,1-2H3,(H2,19,21,22)/t16-/m0/s1. The van der Waals surface area contributed by atoms with Gasteiger partial charge < -0.3 is 10.3 Å². The minimum atomic E-state index is -0.00308. The minimum Gasteiger partial charge on any atom is -0.363 e. The Morgan fingerprint density at radius 2 is 2.00 bits per heavy atom. The summed E-state index contributed by atoms with van der Waals surface area (Å²) < 4.78 is 0. The van der Waals surface area contributed by atoms with Crippen molar-refractivity contribution in [3.8, 4) is 0 Å². The van der Waals surface area contributed by atoms with Crippen LogP contribution in [-0.4, -0.2) is 9.97 Å². The highest BCUT2D eigenvalue weighted by Gasteiger charge is 2.16. The third-order valence-electron chi connectivity index (χ3n) is 3.58. The number of hydrogen-bond donors (Lipinski definition) is 2. The molecule has 0 unspecified atom stereocenters. The Bertz CT molecular complexity index is 839. The molecule has 0 amide bonds. The number of aromatic amines is 1. The van der Waals surface area contributed by atoms with Gasteiger partial charge >= 0.3 is 0 Å². The SMILES string of the molecule is Cc1cc(=O)cc(N[C@@H](Cc2ccccc2)c2csc(C)n2)[nH]1. The first-order chi connectivity index (χ1) is 11.1. The van der Waals surface area contributed by atoms with E-state index in [1.807, 2.05) is 32.0 Å². The van der Waals surface area contributed by atoms with Crippen molar-refractivity contribution in [2.45, 2.75) is 26.3 Å². The lowest BCUT2D eigenvalue weighted by Crippen LogP contribution is -2.17. The summed E-state index contributed by atoms with van der Waals surface area (Å²) in [5, 5.41) is 6.54. The zero-order valence-electron chi connectivity index (χ0n) is 13.2. The largest absolute Gasteiger partial charge is 0.363 e. The van der Waals surface area contributed by atoms with Crippen molar-refractivity contribution in [2.75, 3.05) is 5.32 Å². The minimum absolute atomic E-state index is 0.00308. The second-order valence-corrected chi connectivity index (χ2v) is 6.65. The maximum absolute atomic E-state index is 11.7. The second kappa shape index (κ2) is 6.79. The van der Waals surface area contributed by atoms with Gasteiger partial charge in [-0.25, -0.2) is 4.98 Å². The van der Waals surface area contributed by atoms with E-state index in [-0.39, 0.29) is 11.5 Å². The number of nitrogens with zero attached hydrogens (tertiary/aromatic N) is 1. The summed E-state index contributed by atoms with van der Waals surface area (Å²) in [6.07, 6.45) is 0.806. The Morgan fingerprint density at radius 1 is 1.22 bits per heavy atom. The van der Waals surface area contributed by atoms with Crippen molar-refractivity contribution < 1.29 is 0 Å². The van der Waals surface area contributed by atoms with E-state index in [0.717, 1.165) is 28.6 Å². The Hall–Kier alpha value is -2.40. The number of anilines is 1. The number of aryl methyl sites for hydroxylation is 2. The summed E-state index contributed by atoms with van der Waals surface area (Å²) in [5.74, 6) is 0.724. The second-order valence-electron chi connectivity index (χ2n) is 5.59. The topological polar surface area (TPSA) is 57.8 Å². The average molecular weight is 325 g/mol. The summed E-state index contributed by atoms with van der Waals surface area (Å²) >= 11 is 1.64. The van der Waals surface area contributed by atoms with Crippen molar-refractivity contribution in [2.24, 2.45) is 0 Å². The summed E-state index contributed by atoms with van der Waals surface area (Å²) in [4.78, 5) is 19.5. The average Bonchev–Trinajstić information content (AvgIpc) is 2.93. The molecule has 118 valence electrons. The smallest absolute Gasteiger partial charge is 0.183 e. The molecule has 0 radical (unpaired) electrons. The van der Waals surface area contributed by atoms with Crippen LogP contribution in [0.2, 0.25) is 0 Å². The first-order valence-electron chi connectivity index (χ1n) is 7.53. The van der Waals surface area contributed by atoms with Gasteiger partial charge in [-0.05, 0) is 25.8 Å².